The normalized spacial score (nSPS) is 17.4. The van der Waals surface area contributed by atoms with E-state index in [2.05, 4.69) is 4.99 Å². The standard InChI is InChI=1S/C17H16N2O6S/c1-9-6-14(21)16(17(22)25-9)12-8-15(26-5-4-18-12)11-7-10(19(23)24)2-3-13(11)20/h2-3,6-7,15,20-21H,4-5,8H2,1H3/p-1/t15-/m0/s1. The number of hydrogen-bond donors (Lipinski definition) is 1. The van der Waals surface area contributed by atoms with Crippen molar-refractivity contribution in [2.24, 2.45) is 4.99 Å². The van der Waals surface area contributed by atoms with Gasteiger partial charge < -0.3 is 14.6 Å². The SMILES string of the molecule is Cc1cc(O)c(C2=NCCS[C@H](c3cc([N+](=O)[O-])ccc3[O-])C2)c(=O)o1. The van der Waals surface area contributed by atoms with Crippen LogP contribution in [-0.2, 0) is 0 Å². The van der Waals surface area contributed by atoms with Crippen LogP contribution in [0.3, 0.4) is 0 Å². The Kier molecular flexibility index (Phi) is 4.99. The zero-order chi connectivity index (χ0) is 18.8. The van der Waals surface area contributed by atoms with Gasteiger partial charge in [0.15, 0.2) is 0 Å². The number of hydrogen-bond acceptors (Lipinski definition) is 8. The zero-order valence-electron chi connectivity index (χ0n) is 13.8. The third-order valence-electron chi connectivity index (χ3n) is 3.99. The maximum absolute atomic E-state index is 12.2. The van der Waals surface area contributed by atoms with E-state index in [1.165, 1.54) is 36.0 Å². The molecule has 1 aromatic carbocycles. The third kappa shape index (κ3) is 3.57. The highest BCUT2D eigenvalue weighted by molar-refractivity contribution is 7.99. The van der Waals surface area contributed by atoms with Crippen molar-refractivity contribution in [1.82, 2.24) is 0 Å². The largest absolute Gasteiger partial charge is 0.872 e. The van der Waals surface area contributed by atoms with Crippen molar-refractivity contribution in [3.8, 4) is 11.5 Å². The number of aliphatic imine (C=N–C) groups is 1. The molecule has 8 nitrogen and oxygen atoms in total. The van der Waals surface area contributed by atoms with Crippen molar-refractivity contribution in [2.75, 3.05) is 12.3 Å². The summed E-state index contributed by atoms with van der Waals surface area (Å²) < 4.78 is 5.04. The Labute approximate surface area is 152 Å². The number of non-ortho nitro benzene ring substituents is 1. The summed E-state index contributed by atoms with van der Waals surface area (Å²) in [5.74, 6) is 0.310. The van der Waals surface area contributed by atoms with Gasteiger partial charge in [-0.05, 0) is 12.5 Å². The Balaban J connectivity index is 2.01. The Morgan fingerprint density at radius 2 is 2.15 bits per heavy atom. The second-order valence-corrected chi connectivity index (χ2v) is 7.09. The maximum Gasteiger partial charge on any atom is 0.348 e. The van der Waals surface area contributed by atoms with Gasteiger partial charge in [0.1, 0.15) is 17.1 Å². The molecule has 26 heavy (non-hydrogen) atoms. The van der Waals surface area contributed by atoms with Crippen molar-refractivity contribution < 1.29 is 19.6 Å². The number of nitro benzene ring substituents is 1. The molecule has 0 saturated heterocycles. The fourth-order valence-corrected chi connectivity index (χ4v) is 3.94. The van der Waals surface area contributed by atoms with Crippen molar-refractivity contribution in [3.05, 3.63) is 61.7 Å². The van der Waals surface area contributed by atoms with Gasteiger partial charge in [-0.3, -0.25) is 15.1 Å². The zero-order valence-corrected chi connectivity index (χ0v) is 14.6. The molecule has 1 aliphatic rings. The Bertz CT molecular complexity index is 953. The van der Waals surface area contributed by atoms with Crippen LogP contribution in [0.1, 0.15) is 28.6 Å². The summed E-state index contributed by atoms with van der Waals surface area (Å²) in [7, 11) is 0. The predicted molar refractivity (Wildman–Crippen MR) is 95.1 cm³/mol. The molecule has 0 aliphatic carbocycles. The van der Waals surface area contributed by atoms with Crippen molar-refractivity contribution in [2.45, 2.75) is 18.6 Å². The van der Waals surface area contributed by atoms with Crippen LogP contribution < -0.4 is 10.7 Å². The van der Waals surface area contributed by atoms with Crippen molar-refractivity contribution in [1.29, 1.82) is 0 Å². The molecule has 0 fully saturated rings. The van der Waals surface area contributed by atoms with E-state index in [-0.39, 0.29) is 40.5 Å². The van der Waals surface area contributed by atoms with Gasteiger partial charge in [0.05, 0.1) is 10.6 Å². The average Bonchev–Trinajstić information content (AvgIpc) is 2.80. The summed E-state index contributed by atoms with van der Waals surface area (Å²) in [5, 5.41) is 33.0. The summed E-state index contributed by atoms with van der Waals surface area (Å²) in [6.45, 7) is 1.94. The number of aryl methyl sites for hydroxylation is 1. The minimum absolute atomic E-state index is 0.0269. The molecule has 0 spiro atoms. The molecule has 136 valence electrons. The van der Waals surface area contributed by atoms with Gasteiger partial charge in [-0.2, -0.15) is 11.8 Å². The van der Waals surface area contributed by atoms with Crippen molar-refractivity contribution >= 4 is 23.2 Å². The summed E-state index contributed by atoms with van der Waals surface area (Å²) in [4.78, 5) is 27.0. The number of nitrogens with zero attached hydrogens (tertiary/aromatic N) is 2. The topological polar surface area (TPSA) is 129 Å². The van der Waals surface area contributed by atoms with Gasteiger partial charge in [0.25, 0.3) is 5.69 Å². The number of thioether (sulfide) groups is 1. The number of rotatable bonds is 3. The van der Waals surface area contributed by atoms with E-state index in [0.29, 0.717) is 18.0 Å². The van der Waals surface area contributed by atoms with Crippen LogP contribution in [0.25, 0.3) is 0 Å². The van der Waals surface area contributed by atoms with E-state index < -0.39 is 15.8 Å². The summed E-state index contributed by atoms with van der Waals surface area (Å²) >= 11 is 1.43. The molecule has 0 radical (unpaired) electrons. The lowest BCUT2D eigenvalue weighted by atomic mass is 10.0. The van der Waals surface area contributed by atoms with Crippen LogP contribution in [0.5, 0.6) is 11.5 Å². The molecule has 1 atom stereocenters. The Morgan fingerprint density at radius 3 is 2.85 bits per heavy atom. The highest BCUT2D eigenvalue weighted by Crippen LogP contribution is 2.40. The molecular formula is C17H15N2O6S-. The highest BCUT2D eigenvalue weighted by atomic mass is 32.2. The molecular weight excluding hydrogens is 360 g/mol. The molecule has 3 rings (SSSR count). The van der Waals surface area contributed by atoms with Gasteiger partial charge >= 0.3 is 5.63 Å². The molecule has 2 heterocycles. The minimum Gasteiger partial charge on any atom is -0.872 e. The van der Waals surface area contributed by atoms with Crippen LogP contribution in [0.15, 0.2) is 38.5 Å². The quantitative estimate of drug-likeness (QED) is 0.643. The molecule has 2 aromatic rings. The van der Waals surface area contributed by atoms with Gasteiger partial charge in [-0.25, -0.2) is 4.79 Å². The van der Waals surface area contributed by atoms with E-state index in [1.807, 2.05) is 0 Å². The second-order valence-electron chi connectivity index (χ2n) is 5.78. The first-order chi connectivity index (χ1) is 12.4. The number of aromatic hydroxyl groups is 1. The molecule has 0 unspecified atom stereocenters. The van der Waals surface area contributed by atoms with Crippen LogP contribution in [0.2, 0.25) is 0 Å². The number of nitro groups is 1. The van der Waals surface area contributed by atoms with E-state index in [0.717, 1.165) is 0 Å². The average molecular weight is 375 g/mol. The molecule has 9 heteroatoms. The van der Waals surface area contributed by atoms with Crippen LogP contribution in [-0.4, -0.2) is 28.0 Å². The molecule has 1 aromatic heterocycles. The summed E-state index contributed by atoms with van der Waals surface area (Å²) in [6.07, 6.45) is 0.183. The first kappa shape index (κ1) is 18.0. The summed E-state index contributed by atoms with van der Waals surface area (Å²) in [5.41, 5.74) is -0.276. The van der Waals surface area contributed by atoms with Gasteiger partial charge in [0, 0.05) is 42.2 Å². The minimum atomic E-state index is -0.701. The van der Waals surface area contributed by atoms with Crippen LogP contribution in [0, 0.1) is 17.0 Å². The fraction of sp³-hybridized carbons (Fsp3) is 0.294. The van der Waals surface area contributed by atoms with Crippen molar-refractivity contribution in [3.63, 3.8) is 0 Å². The van der Waals surface area contributed by atoms with E-state index in [1.54, 1.807) is 6.92 Å². The molecule has 0 amide bonds. The lowest BCUT2D eigenvalue weighted by Crippen LogP contribution is -2.17. The van der Waals surface area contributed by atoms with Gasteiger partial charge in [-0.15, -0.1) is 5.75 Å². The van der Waals surface area contributed by atoms with Crippen LogP contribution >= 0.6 is 11.8 Å². The monoisotopic (exact) mass is 375 g/mol. The first-order valence-corrected chi connectivity index (χ1v) is 8.86. The maximum atomic E-state index is 12.2. The lowest BCUT2D eigenvalue weighted by molar-refractivity contribution is -0.385. The first-order valence-electron chi connectivity index (χ1n) is 7.81. The van der Waals surface area contributed by atoms with Gasteiger partial charge in [-0.1, -0.05) is 6.07 Å². The highest BCUT2D eigenvalue weighted by Gasteiger charge is 2.25. The number of benzene rings is 1. The Morgan fingerprint density at radius 1 is 1.38 bits per heavy atom. The molecule has 1 N–H and O–H groups in total. The lowest BCUT2D eigenvalue weighted by Gasteiger charge is -2.21. The Hall–Kier alpha value is -2.81. The molecule has 1 aliphatic heterocycles. The molecule has 0 bridgehead atoms. The van der Waals surface area contributed by atoms with Crippen LogP contribution in [0.4, 0.5) is 5.69 Å². The third-order valence-corrected chi connectivity index (χ3v) is 5.23. The van der Waals surface area contributed by atoms with Gasteiger partial charge in [0.2, 0.25) is 0 Å². The smallest absolute Gasteiger partial charge is 0.348 e. The second kappa shape index (κ2) is 7.20. The molecule has 0 saturated carbocycles. The van der Waals surface area contributed by atoms with E-state index in [9.17, 15) is 25.1 Å². The van der Waals surface area contributed by atoms with E-state index in [4.69, 9.17) is 4.42 Å². The van der Waals surface area contributed by atoms with E-state index >= 15 is 0 Å². The summed E-state index contributed by atoms with van der Waals surface area (Å²) in [6, 6.07) is 4.94. The predicted octanol–water partition coefficient (Wildman–Crippen LogP) is 2.30. The fourth-order valence-electron chi connectivity index (χ4n) is 2.82.